The molecule has 0 spiro atoms. The number of nitrogens with one attached hydrogen (secondary N) is 2. The Morgan fingerprint density at radius 3 is 2.67 bits per heavy atom. The van der Waals surface area contributed by atoms with Crippen LogP contribution in [0.5, 0.6) is 0 Å². The van der Waals surface area contributed by atoms with Gasteiger partial charge in [0, 0.05) is 30.5 Å². The molecule has 0 radical (unpaired) electrons. The van der Waals surface area contributed by atoms with Crippen LogP contribution in [0.4, 0.5) is 16.2 Å². The van der Waals surface area contributed by atoms with Crippen molar-refractivity contribution in [1.82, 2.24) is 5.32 Å². The van der Waals surface area contributed by atoms with Gasteiger partial charge in [0.1, 0.15) is 5.60 Å². The summed E-state index contributed by atoms with van der Waals surface area (Å²) in [6, 6.07) is 5.98. The summed E-state index contributed by atoms with van der Waals surface area (Å²) < 4.78 is 5.13. The molecule has 2 atom stereocenters. The molecule has 3 N–H and O–H groups in total. The van der Waals surface area contributed by atoms with Gasteiger partial charge in [0.25, 0.3) is 0 Å². The third-order valence-corrected chi connectivity index (χ3v) is 4.40. The minimum atomic E-state index is -0.760. The Kier molecular flexibility index (Phi) is 6.70. The van der Waals surface area contributed by atoms with Gasteiger partial charge < -0.3 is 25.4 Å². The van der Waals surface area contributed by atoms with Crippen LogP contribution in [0.3, 0.4) is 0 Å². The van der Waals surface area contributed by atoms with E-state index in [0.717, 1.165) is 23.4 Å². The zero-order valence-corrected chi connectivity index (χ0v) is 16.8. The summed E-state index contributed by atoms with van der Waals surface area (Å²) in [5, 5.41) is 15.7. The summed E-state index contributed by atoms with van der Waals surface area (Å²) in [6.45, 7) is 9.83. The first kappa shape index (κ1) is 21.0. The molecule has 1 aromatic carbocycles. The van der Waals surface area contributed by atoms with Gasteiger partial charge in [-0.15, -0.1) is 0 Å². The van der Waals surface area contributed by atoms with Gasteiger partial charge in [-0.1, -0.05) is 6.92 Å². The van der Waals surface area contributed by atoms with Crippen molar-refractivity contribution in [3.63, 3.8) is 0 Å². The number of ether oxygens (including phenoxy) is 1. The molecule has 0 saturated heterocycles. The normalized spacial score (nSPS) is 15.9. The highest BCUT2D eigenvalue weighted by Gasteiger charge is 2.30. The van der Waals surface area contributed by atoms with Crippen molar-refractivity contribution in [1.29, 1.82) is 0 Å². The van der Waals surface area contributed by atoms with E-state index in [1.807, 2.05) is 30.0 Å². The summed E-state index contributed by atoms with van der Waals surface area (Å²) >= 11 is 0. The topological polar surface area (TPSA) is 90.9 Å². The molecule has 1 aromatic rings. The molecule has 2 rings (SSSR count). The van der Waals surface area contributed by atoms with Crippen LogP contribution in [0, 0.1) is 0 Å². The van der Waals surface area contributed by atoms with Crippen molar-refractivity contribution in [2.24, 2.45) is 0 Å². The predicted octanol–water partition coefficient (Wildman–Crippen LogP) is 2.67. The lowest BCUT2D eigenvalue weighted by Gasteiger charge is -2.24. The molecular weight excluding hydrogens is 346 g/mol. The Bertz CT molecular complexity index is 684. The van der Waals surface area contributed by atoms with Gasteiger partial charge in [-0.05, 0) is 57.9 Å². The van der Waals surface area contributed by atoms with Gasteiger partial charge in [0.2, 0.25) is 5.91 Å². The second-order valence-electron chi connectivity index (χ2n) is 7.96. The minimum Gasteiger partial charge on any atom is -0.444 e. The van der Waals surface area contributed by atoms with Crippen molar-refractivity contribution < 1.29 is 19.4 Å². The Hall–Kier alpha value is -2.28. The number of amides is 2. The smallest absolute Gasteiger partial charge is 0.407 e. The van der Waals surface area contributed by atoms with Crippen LogP contribution in [0.15, 0.2) is 18.2 Å². The zero-order valence-electron chi connectivity index (χ0n) is 16.8. The molecule has 0 bridgehead atoms. The number of nitrogens with zero attached hydrogens (tertiary/aromatic N) is 1. The van der Waals surface area contributed by atoms with E-state index in [1.165, 1.54) is 0 Å². The number of aliphatic hydroxyl groups excluding tert-OH is 1. The summed E-state index contributed by atoms with van der Waals surface area (Å²) in [7, 11) is 0. The number of hydrogen-bond donors (Lipinski definition) is 3. The molecule has 1 unspecified atom stereocenters. The van der Waals surface area contributed by atoms with Gasteiger partial charge in [0.05, 0.1) is 12.5 Å². The summed E-state index contributed by atoms with van der Waals surface area (Å²) in [5.41, 5.74) is 2.22. The maximum absolute atomic E-state index is 12.3. The molecule has 2 amide bonds. The number of hydrogen-bond acceptors (Lipinski definition) is 5. The second-order valence-corrected chi connectivity index (χ2v) is 7.96. The third kappa shape index (κ3) is 5.85. The Balaban J connectivity index is 1.86. The van der Waals surface area contributed by atoms with Crippen LogP contribution < -0.4 is 15.5 Å². The first-order chi connectivity index (χ1) is 12.6. The van der Waals surface area contributed by atoms with E-state index >= 15 is 0 Å². The summed E-state index contributed by atoms with van der Waals surface area (Å²) in [6.07, 6.45) is -0.00767. The van der Waals surface area contributed by atoms with Crippen molar-refractivity contribution >= 4 is 23.4 Å². The predicted molar refractivity (Wildman–Crippen MR) is 106 cm³/mol. The lowest BCUT2D eigenvalue weighted by atomic mass is 10.1. The highest BCUT2D eigenvalue weighted by atomic mass is 16.6. The van der Waals surface area contributed by atoms with E-state index in [9.17, 15) is 14.7 Å². The van der Waals surface area contributed by atoms with Crippen LogP contribution in [-0.4, -0.2) is 47.9 Å². The minimum absolute atomic E-state index is 0.0904. The van der Waals surface area contributed by atoms with Crippen molar-refractivity contribution in [3.05, 3.63) is 23.8 Å². The maximum atomic E-state index is 12.3. The first-order valence-corrected chi connectivity index (χ1v) is 9.44. The van der Waals surface area contributed by atoms with E-state index in [4.69, 9.17) is 4.74 Å². The van der Waals surface area contributed by atoms with Crippen LogP contribution >= 0.6 is 0 Å². The Morgan fingerprint density at radius 1 is 1.33 bits per heavy atom. The number of benzene rings is 1. The van der Waals surface area contributed by atoms with E-state index < -0.39 is 17.8 Å². The van der Waals surface area contributed by atoms with Gasteiger partial charge in [-0.25, -0.2) is 4.79 Å². The Morgan fingerprint density at radius 2 is 2.04 bits per heavy atom. The van der Waals surface area contributed by atoms with Crippen molar-refractivity contribution in [2.45, 2.75) is 65.2 Å². The molecule has 1 heterocycles. The fourth-order valence-corrected chi connectivity index (χ4v) is 2.94. The van der Waals surface area contributed by atoms with E-state index in [2.05, 4.69) is 17.6 Å². The SMILES string of the molecule is CCC(C)N1C(=O)Cc2cc(NC[C@@H](O)CNC(=O)OC(C)(C)C)ccc21. The van der Waals surface area contributed by atoms with Crippen LogP contribution in [0.1, 0.15) is 46.6 Å². The number of rotatable bonds is 7. The van der Waals surface area contributed by atoms with E-state index in [1.54, 1.807) is 20.8 Å². The number of anilines is 2. The number of carbonyl (C=O) groups is 2. The van der Waals surface area contributed by atoms with Crippen LogP contribution in [0.25, 0.3) is 0 Å². The average molecular weight is 377 g/mol. The van der Waals surface area contributed by atoms with E-state index in [-0.39, 0.29) is 25.0 Å². The average Bonchev–Trinajstić information content (AvgIpc) is 2.90. The second kappa shape index (κ2) is 8.61. The summed E-state index contributed by atoms with van der Waals surface area (Å²) in [5.74, 6) is 0.123. The lowest BCUT2D eigenvalue weighted by molar-refractivity contribution is -0.117. The van der Waals surface area contributed by atoms with E-state index in [0.29, 0.717) is 6.42 Å². The lowest BCUT2D eigenvalue weighted by Crippen LogP contribution is -2.39. The molecule has 0 fully saturated rings. The highest BCUT2D eigenvalue weighted by Crippen LogP contribution is 2.33. The zero-order chi connectivity index (χ0) is 20.2. The van der Waals surface area contributed by atoms with Crippen molar-refractivity contribution in [3.8, 4) is 0 Å². The number of carbonyl (C=O) groups excluding carboxylic acids is 2. The molecular formula is C20H31N3O4. The maximum Gasteiger partial charge on any atom is 0.407 e. The largest absolute Gasteiger partial charge is 0.444 e. The molecule has 0 aromatic heterocycles. The molecule has 0 aliphatic carbocycles. The van der Waals surface area contributed by atoms with Crippen LogP contribution in [-0.2, 0) is 16.0 Å². The third-order valence-electron chi connectivity index (χ3n) is 4.40. The monoisotopic (exact) mass is 377 g/mol. The highest BCUT2D eigenvalue weighted by molar-refractivity contribution is 6.02. The van der Waals surface area contributed by atoms with Crippen LogP contribution in [0.2, 0.25) is 0 Å². The molecule has 0 saturated carbocycles. The number of alkyl carbamates (subject to hydrolysis) is 1. The molecule has 7 heteroatoms. The standard InChI is InChI=1S/C20H31N3O4/c1-6-13(2)23-17-8-7-15(9-14(17)10-18(23)25)21-11-16(24)12-22-19(26)27-20(3,4)5/h7-9,13,16,21,24H,6,10-12H2,1-5H3,(H,22,26)/t13?,16-/m1/s1. The summed E-state index contributed by atoms with van der Waals surface area (Å²) in [4.78, 5) is 25.7. The quantitative estimate of drug-likeness (QED) is 0.680. The van der Waals surface area contributed by atoms with Gasteiger partial charge in [-0.3, -0.25) is 4.79 Å². The fourth-order valence-electron chi connectivity index (χ4n) is 2.94. The molecule has 1 aliphatic heterocycles. The van der Waals surface area contributed by atoms with Gasteiger partial charge in [0.15, 0.2) is 0 Å². The van der Waals surface area contributed by atoms with Gasteiger partial charge >= 0.3 is 6.09 Å². The molecule has 1 aliphatic rings. The molecule has 27 heavy (non-hydrogen) atoms. The molecule has 7 nitrogen and oxygen atoms in total. The first-order valence-electron chi connectivity index (χ1n) is 9.44. The van der Waals surface area contributed by atoms with Gasteiger partial charge in [-0.2, -0.15) is 0 Å². The molecule has 150 valence electrons. The Labute approximate surface area is 161 Å². The van der Waals surface area contributed by atoms with Crippen molar-refractivity contribution in [2.75, 3.05) is 23.3 Å². The number of fused-ring (bicyclic) bond motifs is 1. The number of aliphatic hydroxyl groups is 1. The fraction of sp³-hybridized carbons (Fsp3) is 0.600.